The molecule has 0 saturated heterocycles. The van der Waals surface area contributed by atoms with Crippen molar-refractivity contribution >= 4 is 21.7 Å². The lowest BCUT2D eigenvalue weighted by atomic mass is 10.2. The van der Waals surface area contributed by atoms with Gasteiger partial charge >= 0.3 is 6.18 Å². The molecule has 1 aliphatic carbocycles. The lowest BCUT2D eigenvalue weighted by Gasteiger charge is -2.10. The maximum absolute atomic E-state index is 11.9. The Bertz CT molecular complexity index is 449. The predicted octanol–water partition coefficient (Wildman–Crippen LogP) is 2.78. The van der Waals surface area contributed by atoms with Crippen molar-refractivity contribution in [3.05, 3.63) is 16.0 Å². The Morgan fingerprint density at radius 1 is 1.33 bits per heavy atom. The van der Waals surface area contributed by atoms with Gasteiger partial charge in [0.05, 0.1) is 10.2 Å². The van der Waals surface area contributed by atoms with Gasteiger partial charge in [-0.1, -0.05) is 0 Å². The van der Waals surface area contributed by atoms with Crippen molar-refractivity contribution in [1.29, 1.82) is 0 Å². The van der Waals surface area contributed by atoms with Crippen molar-refractivity contribution in [2.24, 2.45) is 0 Å². The van der Waals surface area contributed by atoms with Crippen LogP contribution in [0.3, 0.4) is 0 Å². The van der Waals surface area contributed by atoms with Crippen molar-refractivity contribution in [2.75, 3.05) is 12.3 Å². The molecule has 0 amide bonds. The highest BCUT2D eigenvalue weighted by Gasteiger charge is 2.30. The van der Waals surface area contributed by atoms with Crippen LogP contribution in [0.25, 0.3) is 0 Å². The van der Waals surface area contributed by atoms with E-state index >= 15 is 0 Å². The summed E-state index contributed by atoms with van der Waals surface area (Å²) in [6.07, 6.45) is -2.32. The number of nitrogens with zero attached hydrogens (tertiary/aromatic N) is 2. The van der Waals surface area contributed by atoms with Crippen molar-refractivity contribution < 1.29 is 17.9 Å². The standard InChI is InChI=1S/C10H11BrF3N3O/c11-7-8(5-1-2-5)16-6(17-9(7)15)3-18-4-10(12,13)14/h5H,1-4H2,(H2,15,16,17). The number of rotatable bonds is 4. The molecule has 2 N–H and O–H groups in total. The fourth-order valence-corrected chi connectivity index (χ4v) is 1.98. The summed E-state index contributed by atoms with van der Waals surface area (Å²) in [4.78, 5) is 8.07. The summed E-state index contributed by atoms with van der Waals surface area (Å²) in [6.45, 7) is -1.61. The molecule has 1 heterocycles. The molecule has 100 valence electrons. The normalized spacial score (nSPS) is 16.0. The van der Waals surface area contributed by atoms with Crippen molar-refractivity contribution in [2.45, 2.75) is 31.5 Å². The first-order valence-corrected chi connectivity index (χ1v) is 6.12. The molecule has 2 rings (SSSR count). The first-order chi connectivity index (χ1) is 8.37. The van der Waals surface area contributed by atoms with Gasteiger partial charge in [0.25, 0.3) is 0 Å². The molecule has 0 atom stereocenters. The minimum atomic E-state index is -4.35. The molecule has 8 heteroatoms. The van der Waals surface area contributed by atoms with Crippen LogP contribution in [0.15, 0.2) is 4.47 Å². The fraction of sp³-hybridized carbons (Fsp3) is 0.600. The Balaban J connectivity index is 2.04. The van der Waals surface area contributed by atoms with Gasteiger partial charge in [0, 0.05) is 5.92 Å². The number of aromatic nitrogens is 2. The van der Waals surface area contributed by atoms with E-state index in [9.17, 15) is 13.2 Å². The molecule has 4 nitrogen and oxygen atoms in total. The molecule has 0 radical (unpaired) electrons. The zero-order chi connectivity index (χ0) is 13.3. The topological polar surface area (TPSA) is 61.0 Å². The van der Waals surface area contributed by atoms with Crippen LogP contribution >= 0.6 is 15.9 Å². The summed E-state index contributed by atoms with van der Waals surface area (Å²) in [5.74, 6) is 0.741. The monoisotopic (exact) mass is 325 g/mol. The number of halogens is 4. The first-order valence-electron chi connectivity index (χ1n) is 5.33. The van der Waals surface area contributed by atoms with Gasteiger partial charge in [-0.25, -0.2) is 9.97 Å². The number of hydrogen-bond donors (Lipinski definition) is 1. The number of hydrogen-bond acceptors (Lipinski definition) is 4. The van der Waals surface area contributed by atoms with E-state index in [-0.39, 0.29) is 18.2 Å². The van der Waals surface area contributed by atoms with Gasteiger partial charge in [-0.15, -0.1) is 0 Å². The predicted molar refractivity (Wildman–Crippen MR) is 61.8 cm³/mol. The van der Waals surface area contributed by atoms with E-state index in [0.29, 0.717) is 10.4 Å². The molecule has 1 aromatic heterocycles. The molecule has 0 aliphatic heterocycles. The zero-order valence-corrected chi connectivity index (χ0v) is 10.9. The summed E-state index contributed by atoms with van der Waals surface area (Å²) in [5.41, 5.74) is 6.43. The molecule has 18 heavy (non-hydrogen) atoms. The van der Waals surface area contributed by atoms with Crippen molar-refractivity contribution in [1.82, 2.24) is 9.97 Å². The van der Waals surface area contributed by atoms with Crippen LogP contribution in [-0.4, -0.2) is 22.8 Å². The van der Waals surface area contributed by atoms with Crippen molar-refractivity contribution in [3.8, 4) is 0 Å². The van der Waals surface area contributed by atoms with Crippen LogP contribution in [-0.2, 0) is 11.3 Å². The van der Waals surface area contributed by atoms with Gasteiger partial charge in [0.1, 0.15) is 19.0 Å². The Morgan fingerprint density at radius 2 is 2.00 bits per heavy atom. The molecular weight excluding hydrogens is 315 g/mol. The number of ether oxygens (including phenoxy) is 1. The Morgan fingerprint density at radius 3 is 2.56 bits per heavy atom. The summed E-state index contributed by atoms with van der Waals surface area (Å²) in [6, 6.07) is 0. The summed E-state index contributed by atoms with van der Waals surface area (Å²) in [5, 5.41) is 0. The van der Waals surface area contributed by atoms with E-state index in [4.69, 9.17) is 5.73 Å². The molecule has 0 spiro atoms. The van der Waals surface area contributed by atoms with Gasteiger partial charge in [0.15, 0.2) is 5.82 Å². The van der Waals surface area contributed by atoms with Crippen LogP contribution < -0.4 is 5.73 Å². The van der Waals surface area contributed by atoms with E-state index in [2.05, 4.69) is 30.6 Å². The SMILES string of the molecule is Nc1nc(COCC(F)(F)F)nc(C2CC2)c1Br. The third-order valence-corrected chi connectivity index (χ3v) is 3.22. The van der Waals surface area contributed by atoms with Crippen LogP contribution in [0.1, 0.15) is 30.3 Å². The van der Waals surface area contributed by atoms with Crippen LogP contribution in [0.5, 0.6) is 0 Å². The second kappa shape index (κ2) is 5.00. The zero-order valence-electron chi connectivity index (χ0n) is 9.30. The summed E-state index contributed by atoms with van der Waals surface area (Å²) in [7, 11) is 0. The van der Waals surface area contributed by atoms with E-state index < -0.39 is 12.8 Å². The molecule has 1 aromatic rings. The van der Waals surface area contributed by atoms with E-state index in [1.165, 1.54) is 0 Å². The van der Waals surface area contributed by atoms with Crippen LogP contribution in [0.2, 0.25) is 0 Å². The van der Waals surface area contributed by atoms with Gasteiger partial charge < -0.3 is 10.5 Å². The molecule has 1 fully saturated rings. The van der Waals surface area contributed by atoms with Gasteiger partial charge in [-0.2, -0.15) is 13.2 Å². The molecule has 0 aromatic carbocycles. The van der Waals surface area contributed by atoms with E-state index in [0.717, 1.165) is 18.5 Å². The fourth-order valence-electron chi connectivity index (χ4n) is 1.48. The smallest absolute Gasteiger partial charge is 0.383 e. The molecule has 0 bridgehead atoms. The average molecular weight is 326 g/mol. The highest BCUT2D eigenvalue weighted by Crippen LogP contribution is 2.43. The molecule has 1 aliphatic rings. The maximum atomic E-state index is 11.9. The van der Waals surface area contributed by atoms with Gasteiger partial charge in [-0.05, 0) is 28.8 Å². The van der Waals surface area contributed by atoms with Crippen molar-refractivity contribution in [3.63, 3.8) is 0 Å². The lowest BCUT2D eigenvalue weighted by Crippen LogP contribution is -2.17. The first kappa shape index (κ1) is 13.5. The van der Waals surface area contributed by atoms with Crippen LogP contribution in [0, 0.1) is 0 Å². The summed E-state index contributed by atoms with van der Waals surface area (Å²) < 4.78 is 40.9. The number of anilines is 1. The number of alkyl halides is 3. The van der Waals surface area contributed by atoms with E-state index in [1.807, 2.05) is 0 Å². The minimum Gasteiger partial charge on any atom is -0.383 e. The maximum Gasteiger partial charge on any atom is 0.411 e. The third-order valence-electron chi connectivity index (χ3n) is 2.41. The van der Waals surface area contributed by atoms with E-state index in [1.54, 1.807) is 0 Å². The Labute approximate surface area is 110 Å². The lowest BCUT2D eigenvalue weighted by molar-refractivity contribution is -0.177. The second-order valence-electron chi connectivity index (χ2n) is 4.11. The quantitative estimate of drug-likeness (QED) is 0.924. The van der Waals surface area contributed by atoms with Gasteiger partial charge in [0.2, 0.25) is 0 Å². The number of nitrogens with two attached hydrogens (primary N) is 1. The van der Waals surface area contributed by atoms with Crippen LogP contribution in [0.4, 0.5) is 19.0 Å². The molecule has 0 unspecified atom stereocenters. The highest BCUT2D eigenvalue weighted by atomic mass is 79.9. The summed E-state index contributed by atoms with van der Waals surface area (Å²) >= 11 is 3.28. The second-order valence-corrected chi connectivity index (χ2v) is 4.90. The molecular formula is C10H11BrF3N3O. The number of nitrogen functional groups attached to an aromatic ring is 1. The average Bonchev–Trinajstić information content (AvgIpc) is 3.04. The largest absolute Gasteiger partial charge is 0.411 e. The Hall–Kier alpha value is -0.890. The highest BCUT2D eigenvalue weighted by molar-refractivity contribution is 9.10. The third kappa shape index (κ3) is 3.55. The minimum absolute atomic E-state index is 0.182. The van der Waals surface area contributed by atoms with Gasteiger partial charge in [-0.3, -0.25) is 0 Å². The molecule has 1 saturated carbocycles. The Kier molecular flexibility index (Phi) is 3.76.